The summed E-state index contributed by atoms with van der Waals surface area (Å²) in [7, 11) is -4.49. The molecule has 0 saturated carbocycles. The van der Waals surface area contributed by atoms with E-state index >= 15 is 0 Å². The molecule has 0 unspecified atom stereocenters. The van der Waals surface area contributed by atoms with Crippen molar-refractivity contribution in [3.05, 3.63) is 23.8 Å². The van der Waals surface area contributed by atoms with E-state index in [0.717, 1.165) is 12.1 Å². The van der Waals surface area contributed by atoms with Gasteiger partial charge in [0.05, 0.1) is 0 Å². The van der Waals surface area contributed by atoms with Crippen molar-refractivity contribution in [2.75, 3.05) is 0 Å². The average molecular weight is 216 g/mol. The Kier molecular flexibility index (Phi) is 2.45. The molecular formula is C7H8N2O4S. The molecule has 0 aliphatic heterocycles. The number of aromatic hydroxyl groups is 1. The molecular weight excluding hydrogens is 208 g/mol. The zero-order valence-electron chi connectivity index (χ0n) is 6.93. The second kappa shape index (κ2) is 3.28. The summed E-state index contributed by atoms with van der Waals surface area (Å²) in [6.45, 7) is 0. The van der Waals surface area contributed by atoms with Gasteiger partial charge in [0.15, 0.2) is 0 Å². The van der Waals surface area contributed by atoms with Crippen molar-refractivity contribution >= 4 is 16.0 Å². The summed E-state index contributed by atoms with van der Waals surface area (Å²) in [5.74, 6) is -0.938. The van der Waals surface area contributed by atoms with E-state index in [4.69, 9.17) is 20.8 Å². The first-order valence-electron chi connectivity index (χ1n) is 3.47. The molecule has 0 aromatic heterocycles. The molecule has 0 atom stereocenters. The van der Waals surface area contributed by atoms with Crippen molar-refractivity contribution in [1.82, 2.24) is 0 Å². The van der Waals surface area contributed by atoms with Crippen molar-refractivity contribution in [2.24, 2.45) is 5.73 Å². The van der Waals surface area contributed by atoms with E-state index in [1.807, 2.05) is 0 Å². The molecule has 14 heavy (non-hydrogen) atoms. The minimum absolute atomic E-state index is 0.107. The molecule has 76 valence electrons. The lowest BCUT2D eigenvalue weighted by molar-refractivity contribution is 0.443. The zero-order valence-corrected chi connectivity index (χ0v) is 7.75. The predicted molar refractivity (Wildman–Crippen MR) is 48.9 cm³/mol. The summed E-state index contributed by atoms with van der Waals surface area (Å²) in [6, 6.07) is 3.24. The van der Waals surface area contributed by atoms with Crippen LogP contribution in [0.2, 0.25) is 0 Å². The largest absolute Gasteiger partial charge is 0.506 e. The summed E-state index contributed by atoms with van der Waals surface area (Å²) in [4.78, 5) is -0.662. The highest BCUT2D eigenvalue weighted by atomic mass is 32.2. The van der Waals surface area contributed by atoms with Crippen LogP contribution < -0.4 is 5.73 Å². The highest BCUT2D eigenvalue weighted by Gasteiger charge is 2.16. The molecule has 0 heterocycles. The van der Waals surface area contributed by atoms with Crippen LogP contribution in [-0.2, 0) is 10.1 Å². The third-order valence-corrected chi connectivity index (χ3v) is 2.43. The van der Waals surface area contributed by atoms with Crippen LogP contribution in [0.5, 0.6) is 5.75 Å². The Morgan fingerprint density at radius 1 is 1.43 bits per heavy atom. The summed E-state index contributed by atoms with van der Waals surface area (Å²) in [5, 5.41) is 16.1. The molecule has 7 heteroatoms. The van der Waals surface area contributed by atoms with E-state index in [0.29, 0.717) is 0 Å². The quantitative estimate of drug-likeness (QED) is 0.312. The van der Waals surface area contributed by atoms with E-state index in [1.165, 1.54) is 6.07 Å². The van der Waals surface area contributed by atoms with Gasteiger partial charge in [-0.05, 0) is 18.2 Å². The van der Waals surface area contributed by atoms with E-state index in [2.05, 4.69) is 0 Å². The summed E-state index contributed by atoms with van der Waals surface area (Å²) < 4.78 is 30.1. The lowest BCUT2D eigenvalue weighted by atomic mass is 10.2. The predicted octanol–water partition coefficient (Wildman–Crippen LogP) is -0.0770. The zero-order chi connectivity index (χ0) is 10.9. The summed E-state index contributed by atoms with van der Waals surface area (Å²) in [5.41, 5.74) is 5.21. The average Bonchev–Trinajstić information content (AvgIpc) is 2.02. The van der Waals surface area contributed by atoms with Crippen molar-refractivity contribution in [3.8, 4) is 5.75 Å². The molecule has 0 bridgehead atoms. The second-order valence-corrected chi connectivity index (χ2v) is 3.96. The first-order valence-corrected chi connectivity index (χ1v) is 4.91. The van der Waals surface area contributed by atoms with Gasteiger partial charge in [-0.3, -0.25) is 9.96 Å². The minimum atomic E-state index is -4.49. The Balaban J connectivity index is 3.44. The number of nitrogens with one attached hydrogen (secondary N) is 1. The van der Waals surface area contributed by atoms with E-state index in [1.54, 1.807) is 0 Å². The Hall–Kier alpha value is -1.60. The SMILES string of the molecule is N=C(N)c1ccc(O)c(S(=O)(=O)O)c1. The van der Waals surface area contributed by atoms with Crippen LogP contribution in [0.15, 0.2) is 23.1 Å². The molecule has 0 aliphatic rings. The number of rotatable bonds is 2. The lowest BCUT2D eigenvalue weighted by Gasteiger charge is -2.03. The molecule has 0 spiro atoms. The summed E-state index contributed by atoms with van der Waals surface area (Å²) in [6.07, 6.45) is 0. The fourth-order valence-corrected chi connectivity index (χ4v) is 1.50. The van der Waals surface area contributed by atoms with Crippen LogP contribution >= 0.6 is 0 Å². The number of phenols is 1. The van der Waals surface area contributed by atoms with Gasteiger partial charge in [-0.15, -0.1) is 0 Å². The van der Waals surface area contributed by atoms with Gasteiger partial charge in [0.2, 0.25) is 0 Å². The molecule has 1 aromatic carbocycles. The highest BCUT2D eigenvalue weighted by molar-refractivity contribution is 7.86. The number of hydrogen-bond acceptors (Lipinski definition) is 4. The van der Waals surface area contributed by atoms with Crippen molar-refractivity contribution < 1.29 is 18.1 Å². The number of hydrogen-bond donors (Lipinski definition) is 4. The maximum atomic E-state index is 10.7. The number of amidine groups is 1. The lowest BCUT2D eigenvalue weighted by Crippen LogP contribution is -2.12. The van der Waals surface area contributed by atoms with Crippen molar-refractivity contribution in [3.63, 3.8) is 0 Å². The van der Waals surface area contributed by atoms with Crippen molar-refractivity contribution in [1.29, 1.82) is 5.41 Å². The first kappa shape index (κ1) is 10.5. The Labute approximate surface area is 80.2 Å². The van der Waals surface area contributed by atoms with Crippen LogP contribution in [0.1, 0.15) is 5.56 Å². The van der Waals surface area contributed by atoms with E-state index < -0.39 is 20.8 Å². The van der Waals surface area contributed by atoms with Gasteiger partial charge in [0.1, 0.15) is 16.5 Å². The highest BCUT2D eigenvalue weighted by Crippen LogP contribution is 2.22. The van der Waals surface area contributed by atoms with Gasteiger partial charge in [0, 0.05) is 5.56 Å². The first-order chi connectivity index (χ1) is 6.32. The molecule has 1 rings (SSSR count). The number of nitrogens with two attached hydrogens (primary N) is 1. The van der Waals surface area contributed by atoms with Crippen LogP contribution in [0.3, 0.4) is 0 Å². The number of nitrogen functional groups attached to an aromatic ring is 1. The Bertz CT molecular complexity index is 480. The van der Waals surface area contributed by atoms with Gasteiger partial charge in [-0.2, -0.15) is 8.42 Å². The van der Waals surface area contributed by atoms with Crippen LogP contribution in [0.25, 0.3) is 0 Å². The minimum Gasteiger partial charge on any atom is -0.506 e. The monoisotopic (exact) mass is 216 g/mol. The maximum absolute atomic E-state index is 10.7. The van der Waals surface area contributed by atoms with Crippen LogP contribution in [-0.4, -0.2) is 23.9 Å². The third-order valence-electron chi connectivity index (χ3n) is 1.55. The normalized spacial score (nSPS) is 11.2. The van der Waals surface area contributed by atoms with E-state index in [-0.39, 0.29) is 11.4 Å². The molecule has 0 amide bonds. The van der Waals surface area contributed by atoms with Crippen LogP contribution in [0, 0.1) is 5.41 Å². The van der Waals surface area contributed by atoms with Gasteiger partial charge >= 0.3 is 0 Å². The standard InChI is InChI=1S/C7H8N2O4S/c8-7(9)4-1-2-5(10)6(3-4)14(11,12)13/h1-3,10H,(H3,8,9)(H,11,12,13). The van der Waals surface area contributed by atoms with Gasteiger partial charge in [-0.25, -0.2) is 0 Å². The third kappa shape index (κ3) is 2.01. The fourth-order valence-electron chi connectivity index (χ4n) is 0.888. The molecule has 0 saturated heterocycles. The molecule has 0 fully saturated rings. The summed E-state index contributed by atoms with van der Waals surface area (Å²) >= 11 is 0. The molecule has 1 aromatic rings. The molecule has 5 N–H and O–H groups in total. The fraction of sp³-hybridized carbons (Fsp3) is 0. The number of phenolic OH excluding ortho intramolecular Hbond substituents is 1. The smallest absolute Gasteiger partial charge is 0.298 e. The number of benzene rings is 1. The van der Waals surface area contributed by atoms with Crippen LogP contribution in [0.4, 0.5) is 0 Å². The molecule has 0 aliphatic carbocycles. The maximum Gasteiger partial charge on any atom is 0.298 e. The Morgan fingerprint density at radius 3 is 2.43 bits per heavy atom. The second-order valence-electron chi connectivity index (χ2n) is 2.57. The molecule has 0 radical (unpaired) electrons. The van der Waals surface area contributed by atoms with Crippen molar-refractivity contribution in [2.45, 2.75) is 4.90 Å². The van der Waals surface area contributed by atoms with Gasteiger partial charge < -0.3 is 10.8 Å². The van der Waals surface area contributed by atoms with E-state index in [9.17, 15) is 8.42 Å². The van der Waals surface area contributed by atoms with Gasteiger partial charge in [-0.1, -0.05) is 0 Å². The van der Waals surface area contributed by atoms with Gasteiger partial charge in [0.25, 0.3) is 10.1 Å². The Morgan fingerprint density at radius 2 is 2.00 bits per heavy atom. The molecule has 6 nitrogen and oxygen atoms in total. The topological polar surface area (TPSA) is 124 Å².